The fraction of sp³-hybridized carbons (Fsp3) is 0.133. The van der Waals surface area contributed by atoms with Crippen LogP contribution in [0.2, 0.25) is 0 Å². The van der Waals surface area contributed by atoms with E-state index in [1.165, 1.54) is 6.07 Å². The zero-order valence-corrected chi connectivity index (χ0v) is 9.93. The molecule has 98 valence electrons. The highest BCUT2D eigenvalue weighted by Crippen LogP contribution is 2.26. The molecule has 0 aliphatic rings. The van der Waals surface area contributed by atoms with Crippen molar-refractivity contribution in [2.24, 2.45) is 0 Å². The maximum Gasteiger partial charge on any atom is 0.310 e. The van der Waals surface area contributed by atoms with Crippen molar-refractivity contribution in [1.82, 2.24) is 0 Å². The summed E-state index contributed by atoms with van der Waals surface area (Å²) in [6.45, 7) is 1.54. The maximum absolute atomic E-state index is 14.0. The van der Waals surface area contributed by atoms with Gasteiger partial charge in [-0.1, -0.05) is 42.5 Å². The van der Waals surface area contributed by atoms with Gasteiger partial charge in [0.25, 0.3) is 0 Å². The Kier molecular flexibility index (Phi) is 5.29. The first-order chi connectivity index (χ1) is 8.59. The van der Waals surface area contributed by atoms with Gasteiger partial charge in [0, 0.05) is 5.56 Å². The number of hydrogen-bond donors (Lipinski definition) is 1. The Labute approximate surface area is 122 Å². The van der Waals surface area contributed by atoms with E-state index in [9.17, 15) is 9.18 Å². The van der Waals surface area contributed by atoms with Gasteiger partial charge in [-0.05, 0) is 24.1 Å². The van der Waals surface area contributed by atoms with Crippen LogP contribution >= 0.6 is 0 Å². The number of carboxylic acid groups (broad SMARTS) is 1. The molecule has 0 saturated carbocycles. The van der Waals surface area contributed by atoms with Gasteiger partial charge in [0.1, 0.15) is 5.82 Å². The molecule has 0 amide bonds. The van der Waals surface area contributed by atoms with E-state index in [0.717, 1.165) is 5.56 Å². The molecule has 1 unspecified atom stereocenters. The van der Waals surface area contributed by atoms with Crippen LogP contribution in [-0.2, 0) is 4.79 Å². The summed E-state index contributed by atoms with van der Waals surface area (Å²) < 4.78 is 14.0. The standard InChI is InChI=1S/C15H13FO2.Al.3H/c1-10(15(17)18)12-7-8-13(14(16)9-12)11-5-3-2-4-6-11;;;;/h2-10H,1H3,(H,17,18);;;;. The van der Waals surface area contributed by atoms with Crippen LogP contribution in [0.3, 0.4) is 0 Å². The van der Waals surface area contributed by atoms with E-state index < -0.39 is 17.7 Å². The highest BCUT2D eigenvalue weighted by atomic mass is 27.0. The minimum atomic E-state index is -0.957. The van der Waals surface area contributed by atoms with Gasteiger partial charge in [-0.2, -0.15) is 0 Å². The van der Waals surface area contributed by atoms with Gasteiger partial charge < -0.3 is 5.11 Å². The van der Waals surface area contributed by atoms with Crippen molar-refractivity contribution < 1.29 is 14.3 Å². The van der Waals surface area contributed by atoms with Crippen molar-refractivity contribution in [3.63, 3.8) is 0 Å². The molecule has 2 aromatic rings. The van der Waals surface area contributed by atoms with Gasteiger partial charge in [0.05, 0.1) is 5.92 Å². The quantitative estimate of drug-likeness (QED) is 0.873. The summed E-state index contributed by atoms with van der Waals surface area (Å²) in [5, 5.41) is 8.89. The Morgan fingerprint density at radius 3 is 2.32 bits per heavy atom. The van der Waals surface area contributed by atoms with Crippen LogP contribution in [0.5, 0.6) is 0 Å². The number of rotatable bonds is 3. The van der Waals surface area contributed by atoms with Crippen LogP contribution < -0.4 is 0 Å². The number of hydrogen-bond acceptors (Lipinski definition) is 1. The molecule has 0 spiro atoms. The minimum Gasteiger partial charge on any atom is -0.481 e. The van der Waals surface area contributed by atoms with Crippen molar-refractivity contribution in [1.29, 1.82) is 0 Å². The largest absolute Gasteiger partial charge is 0.481 e. The molecule has 0 aliphatic carbocycles. The van der Waals surface area contributed by atoms with Crippen LogP contribution in [0.15, 0.2) is 48.5 Å². The number of carbonyl (C=O) groups is 1. The molecule has 0 aromatic heterocycles. The maximum atomic E-state index is 14.0. The van der Waals surface area contributed by atoms with Crippen LogP contribution in [-0.4, -0.2) is 28.4 Å². The second kappa shape index (κ2) is 6.51. The molecule has 0 fully saturated rings. The molecule has 19 heavy (non-hydrogen) atoms. The second-order valence-corrected chi connectivity index (χ2v) is 4.17. The monoisotopic (exact) mass is 274 g/mol. The summed E-state index contributed by atoms with van der Waals surface area (Å²) in [7, 11) is 0. The van der Waals surface area contributed by atoms with Gasteiger partial charge in [0.2, 0.25) is 0 Å². The number of benzene rings is 2. The summed E-state index contributed by atoms with van der Waals surface area (Å²) in [6, 6.07) is 13.7. The summed E-state index contributed by atoms with van der Waals surface area (Å²) >= 11 is 0. The van der Waals surface area contributed by atoms with E-state index >= 15 is 0 Å². The molecule has 0 saturated heterocycles. The van der Waals surface area contributed by atoms with E-state index in [-0.39, 0.29) is 17.4 Å². The Morgan fingerprint density at radius 2 is 1.79 bits per heavy atom. The lowest BCUT2D eigenvalue weighted by atomic mass is 9.97. The van der Waals surface area contributed by atoms with Crippen LogP contribution in [0.4, 0.5) is 4.39 Å². The predicted octanol–water partition coefficient (Wildman–Crippen LogP) is 2.50. The summed E-state index contributed by atoms with van der Waals surface area (Å²) in [5.74, 6) is -2.06. The molecule has 1 N–H and O–H groups in total. The third kappa shape index (κ3) is 3.44. The molecule has 4 heteroatoms. The summed E-state index contributed by atoms with van der Waals surface area (Å²) in [5.41, 5.74) is 1.74. The molecule has 0 radical (unpaired) electrons. The molecule has 2 aromatic carbocycles. The van der Waals surface area contributed by atoms with Gasteiger partial charge in [-0.25, -0.2) is 4.39 Å². The van der Waals surface area contributed by atoms with Crippen LogP contribution in [0.1, 0.15) is 18.4 Å². The van der Waals surface area contributed by atoms with Crippen molar-refractivity contribution in [2.75, 3.05) is 0 Å². The second-order valence-electron chi connectivity index (χ2n) is 4.17. The Morgan fingerprint density at radius 1 is 1.16 bits per heavy atom. The fourth-order valence-corrected chi connectivity index (χ4v) is 1.80. The highest BCUT2D eigenvalue weighted by molar-refractivity contribution is 5.76. The van der Waals surface area contributed by atoms with Crippen LogP contribution in [0.25, 0.3) is 11.1 Å². The molecule has 0 heterocycles. The van der Waals surface area contributed by atoms with E-state index in [2.05, 4.69) is 0 Å². The third-order valence-electron chi connectivity index (χ3n) is 2.95. The van der Waals surface area contributed by atoms with Crippen LogP contribution in [0, 0.1) is 5.82 Å². The first-order valence-electron chi connectivity index (χ1n) is 5.67. The molecule has 1 atom stereocenters. The topological polar surface area (TPSA) is 37.3 Å². The zero-order valence-electron chi connectivity index (χ0n) is 9.93. The highest BCUT2D eigenvalue weighted by Gasteiger charge is 2.15. The number of halogens is 1. The lowest BCUT2D eigenvalue weighted by molar-refractivity contribution is -0.138. The van der Waals surface area contributed by atoms with Gasteiger partial charge in [-0.3, -0.25) is 4.79 Å². The van der Waals surface area contributed by atoms with Crippen molar-refractivity contribution in [3.05, 3.63) is 59.9 Å². The molecule has 0 aliphatic heterocycles. The van der Waals surface area contributed by atoms with Gasteiger partial charge in [0.15, 0.2) is 17.4 Å². The van der Waals surface area contributed by atoms with E-state index in [4.69, 9.17) is 5.11 Å². The average Bonchev–Trinajstić information content (AvgIpc) is 2.38. The summed E-state index contributed by atoms with van der Waals surface area (Å²) in [4.78, 5) is 10.8. The molecular formula is C15H16AlFO2. The minimum absolute atomic E-state index is 0. The lowest BCUT2D eigenvalue weighted by Gasteiger charge is -2.09. The SMILES string of the molecule is CC(C(=O)O)c1ccc(-c2ccccc2)c(F)c1.[AlH3]. The first kappa shape index (κ1) is 15.4. The molecular weight excluding hydrogens is 258 g/mol. The van der Waals surface area contributed by atoms with E-state index in [1.54, 1.807) is 19.1 Å². The first-order valence-corrected chi connectivity index (χ1v) is 5.67. The molecule has 2 nitrogen and oxygen atoms in total. The normalized spacial score (nSPS) is 11.5. The third-order valence-corrected chi connectivity index (χ3v) is 2.95. The number of aliphatic carboxylic acids is 1. The van der Waals surface area contributed by atoms with Gasteiger partial charge in [-0.15, -0.1) is 0 Å². The Hall–Kier alpha value is -1.63. The predicted molar refractivity (Wildman–Crippen MR) is 77.8 cm³/mol. The fourth-order valence-electron chi connectivity index (χ4n) is 1.80. The Balaban J connectivity index is 0.00000180. The summed E-state index contributed by atoms with van der Waals surface area (Å²) in [6.07, 6.45) is 0. The smallest absolute Gasteiger partial charge is 0.310 e. The van der Waals surface area contributed by atoms with Crippen molar-refractivity contribution in [2.45, 2.75) is 12.8 Å². The van der Waals surface area contributed by atoms with E-state index in [0.29, 0.717) is 11.1 Å². The van der Waals surface area contributed by atoms with Crippen molar-refractivity contribution >= 4 is 23.3 Å². The van der Waals surface area contributed by atoms with Crippen molar-refractivity contribution in [3.8, 4) is 11.1 Å². The lowest BCUT2D eigenvalue weighted by Crippen LogP contribution is -2.07. The molecule has 0 bridgehead atoms. The average molecular weight is 274 g/mol. The number of carboxylic acids is 1. The zero-order chi connectivity index (χ0) is 13.1. The molecule has 2 rings (SSSR count). The van der Waals surface area contributed by atoms with Gasteiger partial charge >= 0.3 is 5.97 Å². The Bertz CT molecular complexity index is 570. The van der Waals surface area contributed by atoms with E-state index in [1.807, 2.05) is 30.3 Å².